The van der Waals surface area contributed by atoms with Gasteiger partial charge >= 0.3 is 5.69 Å². The van der Waals surface area contributed by atoms with Crippen molar-refractivity contribution in [3.63, 3.8) is 0 Å². The maximum absolute atomic E-state index is 11.6. The van der Waals surface area contributed by atoms with Crippen LogP contribution in [0.4, 0.5) is 0 Å². The predicted octanol–water partition coefficient (Wildman–Crippen LogP) is 0.00700. The Hall–Kier alpha value is -1.75. The number of rotatable bonds is 2. The molecular formula is C10H11N3O2. The van der Waals surface area contributed by atoms with Crippen molar-refractivity contribution in [3.8, 4) is 5.75 Å². The summed E-state index contributed by atoms with van der Waals surface area (Å²) in [5.41, 5.74) is 1.11. The molecule has 1 fully saturated rings. The molecule has 3 N–H and O–H groups in total. The monoisotopic (exact) mass is 205 g/mol. The number of aromatic amines is 1. The van der Waals surface area contributed by atoms with E-state index in [0.29, 0.717) is 23.6 Å². The Morgan fingerprint density at radius 1 is 1.53 bits per heavy atom. The summed E-state index contributed by atoms with van der Waals surface area (Å²) < 4.78 is 1.58. The molecule has 0 aliphatic carbocycles. The molecule has 2 heterocycles. The van der Waals surface area contributed by atoms with Crippen molar-refractivity contribution >= 4 is 11.0 Å². The van der Waals surface area contributed by atoms with Crippen molar-refractivity contribution < 1.29 is 5.11 Å². The van der Waals surface area contributed by atoms with Crippen LogP contribution in [0.5, 0.6) is 5.75 Å². The predicted molar refractivity (Wildman–Crippen MR) is 56.0 cm³/mol. The normalized spacial score (nSPS) is 19.6. The second-order valence-corrected chi connectivity index (χ2v) is 3.82. The fourth-order valence-electron chi connectivity index (χ4n) is 1.81. The van der Waals surface area contributed by atoms with Gasteiger partial charge in [-0.2, -0.15) is 0 Å². The summed E-state index contributed by atoms with van der Waals surface area (Å²) in [4.78, 5) is 14.3. The summed E-state index contributed by atoms with van der Waals surface area (Å²) in [6.45, 7) is 1.54. The molecule has 1 atom stereocenters. The number of aromatic hydroxyl groups is 1. The van der Waals surface area contributed by atoms with E-state index in [1.54, 1.807) is 22.8 Å². The van der Waals surface area contributed by atoms with Gasteiger partial charge in [0.15, 0.2) is 0 Å². The molecule has 1 aliphatic heterocycles. The minimum absolute atomic E-state index is 0.145. The molecule has 1 aromatic heterocycles. The van der Waals surface area contributed by atoms with Gasteiger partial charge in [0, 0.05) is 19.1 Å². The van der Waals surface area contributed by atoms with Gasteiger partial charge in [-0.05, 0) is 12.1 Å². The quantitative estimate of drug-likeness (QED) is 0.604. The van der Waals surface area contributed by atoms with Gasteiger partial charge in [0.2, 0.25) is 0 Å². The first-order valence-electron chi connectivity index (χ1n) is 4.89. The Balaban J connectivity index is 2.24. The third-order valence-corrected chi connectivity index (χ3v) is 2.67. The number of fused-ring (bicyclic) bond motifs is 1. The topological polar surface area (TPSA) is 80.0 Å². The lowest BCUT2D eigenvalue weighted by Crippen LogP contribution is -2.20. The summed E-state index contributed by atoms with van der Waals surface area (Å²) in [6, 6.07) is 5.45. The number of hydrogen-bond acceptors (Lipinski definition) is 3. The van der Waals surface area contributed by atoms with E-state index < -0.39 is 0 Å². The Labute approximate surface area is 85.3 Å². The van der Waals surface area contributed by atoms with Crippen LogP contribution in [-0.2, 0) is 6.54 Å². The van der Waals surface area contributed by atoms with Gasteiger partial charge in [-0.15, -0.1) is 0 Å². The van der Waals surface area contributed by atoms with Crippen molar-refractivity contribution in [1.29, 1.82) is 0 Å². The first-order chi connectivity index (χ1) is 7.25. The number of nitrogens with one attached hydrogen (secondary N) is 2. The minimum Gasteiger partial charge on any atom is -0.506 e. The lowest BCUT2D eigenvalue weighted by atomic mass is 10.3. The van der Waals surface area contributed by atoms with Crippen LogP contribution in [-0.4, -0.2) is 27.2 Å². The molecule has 0 saturated carbocycles. The van der Waals surface area contributed by atoms with Crippen molar-refractivity contribution in [2.45, 2.75) is 12.6 Å². The summed E-state index contributed by atoms with van der Waals surface area (Å²) in [6.07, 6.45) is 0. The van der Waals surface area contributed by atoms with Crippen LogP contribution in [0.15, 0.2) is 23.0 Å². The second kappa shape index (κ2) is 2.87. The molecule has 1 saturated heterocycles. The van der Waals surface area contributed by atoms with Crippen LogP contribution >= 0.6 is 0 Å². The summed E-state index contributed by atoms with van der Waals surface area (Å²) in [5.74, 6) is 0.145. The van der Waals surface area contributed by atoms with E-state index in [1.807, 2.05) is 0 Å². The zero-order chi connectivity index (χ0) is 10.4. The highest BCUT2D eigenvalue weighted by atomic mass is 16.3. The first-order valence-corrected chi connectivity index (χ1v) is 4.89. The van der Waals surface area contributed by atoms with Gasteiger partial charge in [0.1, 0.15) is 11.3 Å². The van der Waals surface area contributed by atoms with Gasteiger partial charge in [0.25, 0.3) is 0 Å². The number of phenols is 1. The third-order valence-electron chi connectivity index (χ3n) is 2.67. The number of benzene rings is 1. The number of phenolic OH excluding ortho intramolecular Hbond substituents is 1. The van der Waals surface area contributed by atoms with Crippen LogP contribution in [0.25, 0.3) is 11.0 Å². The number of aromatic nitrogens is 2. The zero-order valence-corrected chi connectivity index (χ0v) is 8.03. The van der Waals surface area contributed by atoms with Crippen molar-refractivity contribution in [1.82, 2.24) is 14.9 Å². The molecule has 5 heteroatoms. The second-order valence-electron chi connectivity index (χ2n) is 3.82. The smallest absolute Gasteiger partial charge is 0.326 e. The standard InChI is InChI=1S/C10H11N3O2/c14-8-3-1-2-7-9(8)13(10(15)12-7)5-6-4-11-6/h1-3,6,11,14H,4-5H2,(H,12,15). The maximum atomic E-state index is 11.6. The van der Waals surface area contributed by atoms with E-state index in [1.165, 1.54) is 0 Å². The molecule has 0 bridgehead atoms. The van der Waals surface area contributed by atoms with E-state index in [4.69, 9.17) is 0 Å². The average molecular weight is 205 g/mol. The lowest BCUT2D eigenvalue weighted by molar-refractivity contribution is 0.477. The van der Waals surface area contributed by atoms with Crippen molar-refractivity contribution in [2.75, 3.05) is 6.54 Å². The molecule has 1 aliphatic rings. The third kappa shape index (κ3) is 1.32. The largest absolute Gasteiger partial charge is 0.506 e. The van der Waals surface area contributed by atoms with E-state index >= 15 is 0 Å². The number of nitrogens with zero attached hydrogens (tertiary/aromatic N) is 1. The Bertz CT molecular complexity index is 566. The number of imidazole rings is 1. The van der Waals surface area contributed by atoms with Crippen LogP contribution in [0.3, 0.4) is 0 Å². The highest BCUT2D eigenvalue weighted by Crippen LogP contribution is 2.22. The molecule has 1 unspecified atom stereocenters. The molecule has 5 nitrogen and oxygen atoms in total. The average Bonchev–Trinajstić information content (AvgIpc) is 2.93. The molecule has 1 aromatic carbocycles. The van der Waals surface area contributed by atoms with Gasteiger partial charge in [0.05, 0.1) is 5.52 Å². The molecular weight excluding hydrogens is 194 g/mol. The molecule has 3 rings (SSSR count). The maximum Gasteiger partial charge on any atom is 0.326 e. The SMILES string of the molecule is O=c1[nH]c2cccc(O)c2n1CC1CN1. The molecule has 0 spiro atoms. The number of H-pyrrole nitrogens is 1. The fourth-order valence-corrected chi connectivity index (χ4v) is 1.81. The number of hydrogen-bond donors (Lipinski definition) is 3. The lowest BCUT2D eigenvalue weighted by Gasteiger charge is -2.01. The van der Waals surface area contributed by atoms with Crippen LogP contribution in [0, 0.1) is 0 Å². The molecule has 15 heavy (non-hydrogen) atoms. The zero-order valence-electron chi connectivity index (χ0n) is 8.03. The molecule has 0 radical (unpaired) electrons. The summed E-state index contributed by atoms with van der Waals surface area (Å²) in [5, 5.41) is 12.8. The fraction of sp³-hybridized carbons (Fsp3) is 0.300. The summed E-state index contributed by atoms with van der Waals surface area (Å²) in [7, 11) is 0. The van der Waals surface area contributed by atoms with Gasteiger partial charge in [-0.3, -0.25) is 4.57 Å². The van der Waals surface area contributed by atoms with E-state index in [2.05, 4.69) is 10.3 Å². The van der Waals surface area contributed by atoms with E-state index in [9.17, 15) is 9.90 Å². The van der Waals surface area contributed by atoms with Gasteiger partial charge in [-0.1, -0.05) is 6.07 Å². The Kier molecular flexibility index (Phi) is 1.63. The van der Waals surface area contributed by atoms with Crippen LogP contribution in [0.2, 0.25) is 0 Å². The van der Waals surface area contributed by atoms with Crippen molar-refractivity contribution in [2.24, 2.45) is 0 Å². The Morgan fingerprint density at radius 3 is 3.07 bits per heavy atom. The number of para-hydroxylation sites is 1. The Morgan fingerprint density at radius 2 is 2.33 bits per heavy atom. The molecule has 2 aromatic rings. The summed E-state index contributed by atoms with van der Waals surface area (Å²) >= 11 is 0. The van der Waals surface area contributed by atoms with E-state index in [0.717, 1.165) is 6.54 Å². The highest BCUT2D eigenvalue weighted by molar-refractivity contribution is 5.81. The van der Waals surface area contributed by atoms with Gasteiger partial charge in [-0.25, -0.2) is 4.79 Å². The van der Waals surface area contributed by atoms with Crippen LogP contribution < -0.4 is 11.0 Å². The van der Waals surface area contributed by atoms with Crippen LogP contribution in [0.1, 0.15) is 0 Å². The minimum atomic E-state index is -0.166. The van der Waals surface area contributed by atoms with E-state index in [-0.39, 0.29) is 11.4 Å². The molecule has 78 valence electrons. The first kappa shape index (κ1) is 8.55. The highest BCUT2D eigenvalue weighted by Gasteiger charge is 2.23. The van der Waals surface area contributed by atoms with Crippen molar-refractivity contribution in [3.05, 3.63) is 28.7 Å². The van der Waals surface area contributed by atoms with Gasteiger partial charge < -0.3 is 15.4 Å². The molecule has 0 amide bonds.